The number of hydrogen-bond acceptors (Lipinski definition) is 3. The van der Waals surface area contributed by atoms with Crippen LogP contribution in [0.15, 0.2) is 18.2 Å². The summed E-state index contributed by atoms with van der Waals surface area (Å²) in [5.41, 5.74) is 8.28. The molecule has 4 heteroatoms. The number of fused-ring (bicyclic) bond motifs is 2. The second-order valence-electron chi connectivity index (χ2n) is 5.81. The van der Waals surface area contributed by atoms with E-state index in [9.17, 15) is 4.79 Å². The molecule has 2 bridgehead atoms. The minimum absolute atomic E-state index is 0.0989. The molecule has 4 nitrogen and oxygen atoms in total. The lowest BCUT2D eigenvalue weighted by atomic mass is 9.95. The molecule has 4 N–H and O–H groups in total. The first-order valence-electron chi connectivity index (χ1n) is 7.05. The van der Waals surface area contributed by atoms with Crippen LogP contribution in [0.5, 0.6) is 0 Å². The Kier molecular flexibility index (Phi) is 3.09. The fourth-order valence-electron chi connectivity index (χ4n) is 3.60. The van der Waals surface area contributed by atoms with Gasteiger partial charge in [0.05, 0.1) is 11.4 Å². The van der Waals surface area contributed by atoms with E-state index in [0.29, 0.717) is 17.3 Å². The molecule has 2 aliphatic carbocycles. The summed E-state index contributed by atoms with van der Waals surface area (Å²) in [7, 11) is 1.62. The molecule has 1 aromatic carbocycles. The summed E-state index contributed by atoms with van der Waals surface area (Å²) in [5, 5.41) is 6.18. The van der Waals surface area contributed by atoms with E-state index in [1.165, 1.54) is 25.7 Å². The number of carbonyl (C=O) groups excluding carboxylic acids is 1. The summed E-state index contributed by atoms with van der Waals surface area (Å²) in [5.74, 6) is 1.62. The number of carbonyl (C=O) groups is 1. The van der Waals surface area contributed by atoms with E-state index in [-0.39, 0.29) is 5.91 Å². The van der Waals surface area contributed by atoms with Crippen molar-refractivity contribution in [3.63, 3.8) is 0 Å². The highest BCUT2D eigenvalue weighted by molar-refractivity contribution is 5.95. The number of anilines is 2. The molecule has 0 radical (unpaired) electrons. The van der Waals surface area contributed by atoms with Crippen molar-refractivity contribution < 1.29 is 4.79 Å². The summed E-state index contributed by atoms with van der Waals surface area (Å²) in [6.45, 7) is 0. The van der Waals surface area contributed by atoms with Crippen molar-refractivity contribution in [1.82, 2.24) is 5.32 Å². The van der Waals surface area contributed by atoms with Crippen molar-refractivity contribution in [3.8, 4) is 0 Å². The zero-order chi connectivity index (χ0) is 13.4. The first-order chi connectivity index (χ1) is 9.17. The average molecular weight is 259 g/mol. The molecule has 19 heavy (non-hydrogen) atoms. The van der Waals surface area contributed by atoms with Gasteiger partial charge in [0.1, 0.15) is 0 Å². The van der Waals surface area contributed by atoms with Crippen molar-refractivity contribution in [2.75, 3.05) is 18.1 Å². The Hall–Kier alpha value is -1.71. The maximum Gasteiger partial charge on any atom is 0.251 e. The van der Waals surface area contributed by atoms with Gasteiger partial charge in [-0.3, -0.25) is 4.79 Å². The van der Waals surface area contributed by atoms with E-state index in [4.69, 9.17) is 5.73 Å². The van der Waals surface area contributed by atoms with Crippen molar-refractivity contribution in [1.29, 1.82) is 0 Å². The van der Waals surface area contributed by atoms with Crippen LogP contribution in [0.25, 0.3) is 0 Å². The molecule has 3 rings (SSSR count). The van der Waals surface area contributed by atoms with Gasteiger partial charge in [0.2, 0.25) is 0 Å². The van der Waals surface area contributed by atoms with Gasteiger partial charge in [0.25, 0.3) is 5.91 Å². The topological polar surface area (TPSA) is 67.2 Å². The van der Waals surface area contributed by atoms with Gasteiger partial charge in [-0.15, -0.1) is 0 Å². The molecule has 0 spiro atoms. The van der Waals surface area contributed by atoms with Crippen LogP contribution in [0.3, 0.4) is 0 Å². The first kappa shape index (κ1) is 12.3. The van der Waals surface area contributed by atoms with E-state index < -0.39 is 0 Å². The van der Waals surface area contributed by atoms with Gasteiger partial charge in [-0.25, -0.2) is 0 Å². The van der Waals surface area contributed by atoms with Crippen LogP contribution in [0.4, 0.5) is 11.4 Å². The summed E-state index contributed by atoms with van der Waals surface area (Å²) in [4.78, 5) is 11.5. The SMILES string of the molecule is CNC(=O)c1ccc(NC2CC3CCC2C3)c(N)c1. The second kappa shape index (κ2) is 4.76. The van der Waals surface area contributed by atoms with E-state index in [0.717, 1.165) is 17.5 Å². The second-order valence-corrected chi connectivity index (χ2v) is 5.81. The van der Waals surface area contributed by atoms with Crippen LogP contribution in [-0.4, -0.2) is 19.0 Å². The number of amides is 1. The molecule has 0 aliphatic heterocycles. The van der Waals surface area contributed by atoms with Gasteiger partial charge in [-0.2, -0.15) is 0 Å². The van der Waals surface area contributed by atoms with Crippen LogP contribution in [0.2, 0.25) is 0 Å². The molecule has 2 aliphatic rings. The van der Waals surface area contributed by atoms with Crippen LogP contribution < -0.4 is 16.4 Å². The van der Waals surface area contributed by atoms with Crippen molar-refractivity contribution >= 4 is 17.3 Å². The molecule has 2 fully saturated rings. The summed E-state index contributed by atoms with van der Waals surface area (Å²) in [6, 6.07) is 6.05. The van der Waals surface area contributed by atoms with Gasteiger partial charge < -0.3 is 16.4 Å². The molecular formula is C15H21N3O. The van der Waals surface area contributed by atoms with Gasteiger partial charge in [-0.05, 0) is 49.3 Å². The predicted molar refractivity (Wildman–Crippen MR) is 77.1 cm³/mol. The molecule has 2 saturated carbocycles. The van der Waals surface area contributed by atoms with E-state index in [2.05, 4.69) is 10.6 Å². The molecule has 1 amide bonds. The van der Waals surface area contributed by atoms with Gasteiger partial charge >= 0.3 is 0 Å². The molecule has 3 atom stereocenters. The van der Waals surface area contributed by atoms with Gasteiger partial charge in [-0.1, -0.05) is 6.42 Å². The molecule has 1 aromatic rings. The lowest BCUT2D eigenvalue weighted by molar-refractivity contribution is 0.0963. The summed E-state index contributed by atoms with van der Waals surface area (Å²) < 4.78 is 0. The molecule has 3 unspecified atom stereocenters. The maximum atomic E-state index is 11.5. The Balaban J connectivity index is 1.73. The van der Waals surface area contributed by atoms with E-state index in [1.807, 2.05) is 12.1 Å². The number of hydrogen-bond donors (Lipinski definition) is 3. The lowest BCUT2D eigenvalue weighted by Crippen LogP contribution is -2.26. The van der Waals surface area contributed by atoms with Gasteiger partial charge in [0.15, 0.2) is 0 Å². The fourth-order valence-corrected chi connectivity index (χ4v) is 3.60. The molecule has 0 saturated heterocycles. The minimum Gasteiger partial charge on any atom is -0.397 e. The Morgan fingerprint density at radius 3 is 2.74 bits per heavy atom. The Morgan fingerprint density at radius 2 is 2.16 bits per heavy atom. The highest BCUT2D eigenvalue weighted by atomic mass is 16.1. The average Bonchev–Trinajstić information content (AvgIpc) is 3.02. The third kappa shape index (κ3) is 2.27. The zero-order valence-corrected chi connectivity index (χ0v) is 11.3. The largest absolute Gasteiger partial charge is 0.397 e. The monoisotopic (exact) mass is 259 g/mol. The van der Waals surface area contributed by atoms with E-state index in [1.54, 1.807) is 13.1 Å². The molecule has 102 valence electrons. The third-order valence-corrected chi connectivity index (χ3v) is 4.62. The molecule has 0 aromatic heterocycles. The maximum absolute atomic E-state index is 11.5. The first-order valence-corrected chi connectivity index (χ1v) is 7.05. The predicted octanol–water partition coefficient (Wildman–Crippen LogP) is 2.23. The highest BCUT2D eigenvalue weighted by Crippen LogP contribution is 2.45. The smallest absolute Gasteiger partial charge is 0.251 e. The lowest BCUT2D eigenvalue weighted by Gasteiger charge is -2.24. The van der Waals surface area contributed by atoms with Crippen LogP contribution >= 0.6 is 0 Å². The van der Waals surface area contributed by atoms with Gasteiger partial charge in [0, 0.05) is 18.7 Å². The van der Waals surface area contributed by atoms with Crippen LogP contribution in [-0.2, 0) is 0 Å². The van der Waals surface area contributed by atoms with Crippen LogP contribution in [0, 0.1) is 11.8 Å². The summed E-state index contributed by atoms with van der Waals surface area (Å²) >= 11 is 0. The Labute approximate surface area is 113 Å². The van der Waals surface area contributed by atoms with E-state index >= 15 is 0 Å². The number of benzene rings is 1. The zero-order valence-electron chi connectivity index (χ0n) is 11.3. The van der Waals surface area contributed by atoms with Crippen LogP contribution in [0.1, 0.15) is 36.0 Å². The number of nitrogen functional groups attached to an aromatic ring is 1. The third-order valence-electron chi connectivity index (χ3n) is 4.62. The highest BCUT2D eigenvalue weighted by Gasteiger charge is 2.39. The number of nitrogens with two attached hydrogens (primary N) is 1. The van der Waals surface area contributed by atoms with Crippen molar-refractivity contribution in [3.05, 3.63) is 23.8 Å². The van der Waals surface area contributed by atoms with Crippen molar-refractivity contribution in [2.24, 2.45) is 11.8 Å². The Morgan fingerprint density at radius 1 is 1.32 bits per heavy atom. The fraction of sp³-hybridized carbons (Fsp3) is 0.533. The standard InChI is InChI=1S/C15H21N3O/c1-17-15(19)11-4-5-13(12(16)8-11)18-14-7-9-2-3-10(14)6-9/h4-5,8-10,14,18H,2-3,6-7,16H2,1H3,(H,17,19). The number of rotatable bonds is 3. The Bertz CT molecular complexity index is 500. The quantitative estimate of drug-likeness (QED) is 0.729. The molecular weight excluding hydrogens is 238 g/mol. The normalized spacial score (nSPS) is 28.4. The summed E-state index contributed by atoms with van der Waals surface area (Å²) in [6.07, 6.45) is 5.38. The number of nitrogens with one attached hydrogen (secondary N) is 2. The van der Waals surface area contributed by atoms with Crippen molar-refractivity contribution in [2.45, 2.75) is 31.7 Å². The minimum atomic E-state index is -0.0989. The molecule has 0 heterocycles.